The molecule has 6 aliphatic rings. The topological polar surface area (TPSA) is 128 Å². The van der Waals surface area contributed by atoms with Gasteiger partial charge >= 0.3 is 11.9 Å². The van der Waals surface area contributed by atoms with Gasteiger partial charge in [-0.2, -0.15) is 0 Å². The number of aliphatic carboxylic acids is 1. The fourth-order valence-electron chi connectivity index (χ4n) is 14.0. The molecule has 0 bridgehead atoms. The van der Waals surface area contributed by atoms with E-state index >= 15 is 0 Å². The third-order valence-corrected chi connectivity index (χ3v) is 17.7. The van der Waals surface area contributed by atoms with Crippen molar-refractivity contribution in [1.82, 2.24) is 9.80 Å². The standard InChI is InChI=1S/C46H76N2O7/c1-28(2)38-31(49)23-46(34(50)26-48(25-29-13-12-14-29)27-36(51)47(10)11)22-21-44(8)30(39(38)46)15-16-33-43(7)19-18-35(55-37(52)24-41(3,4)40(53)54)42(5,6)32(43)17-20-45(33,44)9/h28-30,32-36,50-51H,12-27H2,1-11H3,(H,53,54)/t30-,32+,33-,34+,35+,36?,43+,44-,45-,46+/m1/s1. The second kappa shape index (κ2) is 14.8. The number of carboxylic acids is 1. The fourth-order valence-corrected chi connectivity index (χ4v) is 14.0. The molecule has 6 rings (SSSR count). The van der Waals surface area contributed by atoms with E-state index < -0.39 is 35.1 Å². The molecule has 0 aromatic rings. The molecule has 10 atom stereocenters. The molecular formula is C46H76N2O7. The van der Waals surface area contributed by atoms with Gasteiger partial charge in [0.2, 0.25) is 0 Å². The Balaban J connectivity index is 1.28. The predicted octanol–water partition coefficient (Wildman–Crippen LogP) is 7.72. The van der Waals surface area contributed by atoms with Crippen LogP contribution in [0.4, 0.5) is 0 Å². The molecule has 9 heteroatoms. The van der Waals surface area contributed by atoms with E-state index in [1.807, 2.05) is 19.0 Å². The zero-order valence-corrected chi connectivity index (χ0v) is 36.3. The lowest BCUT2D eigenvalue weighted by Gasteiger charge is -2.72. The smallest absolute Gasteiger partial charge is 0.309 e. The fraction of sp³-hybridized carbons (Fsp3) is 0.891. The zero-order chi connectivity index (χ0) is 40.7. The van der Waals surface area contributed by atoms with Gasteiger partial charge in [-0.1, -0.05) is 60.5 Å². The number of fused-ring (bicyclic) bond motifs is 7. The highest BCUT2D eigenvalue weighted by Gasteiger charge is 2.71. The highest BCUT2D eigenvalue weighted by atomic mass is 16.5. The van der Waals surface area contributed by atoms with Crippen LogP contribution in [0.1, 0.15) is 146 Å². The molecule has 6 aliphatic carbocycles. The van der Waals surface area contributed by atoms with E-state index in [0.29, 0.717) is 37.3 Å². The number of Topliss-reactive ketones (excluding diaryl/α,β-unsaturated/α-hetero) is 1. The number of carbonyl (C=O) groups excluding carboxylic acids is 2. The van der Waals surface area contributed by atoms with Gasteiger partial charge in [-0.05, 0) is 144 Å². The molecule has 0 spiro atoms. The summed E-state index contributed by atoms with van der Waals surface area (Å²) in [4.78, 5) is 43.3. The normalized spacial score (nSPS) is 38.6. The molecule has 0 saturated heterocycles. The lowest BCUT2D eigenvalue weighted by molar-refractivity contribution is -0.235. The van der Waals surface area contributed by atoms with Gasteiger partial charge in [0.15, 0.2) is 5.78 Å². The van der Waals surface area contributed by atoms with Crippen molar-refractivity contribution < 1.29 is 34.4 Å². The van der Waals surface area contributed by atoms with Crippen molar-refractivity contribution in [2.75, 3.05) is 33.7 Å². The van der Waals surface area contributed by atoms with Crippen molar-refractivity contribution in [3.05, 3.63) is 11.1 Å². The second-order valence-electron chi connectivity index (χ2n) is 22.0. The molecule has 0 aliphatic heterocycles. The molecule has 0 amide bonds. The van der Waals surface area contributed by atoms with Gasteiger partial charge < -0.3 is 20.1 Å². The van der Waals surface area contributed by atoms with Crippen molar-refractivity contribution in [1.29, 1.82) is 0 Å². The first-order chi connectivity index (χ1) is 25.4. The number of rotatable bonds is 13. The first-order valence-corrected chi connectivity index (χ1v) is 21.9. The van der Waals surface area contributed by atoms with Gasteiger partial charge in [-0.3, -0.25) is 24.2 Å². The van der Waals surface area contributed by atoms with Crippen LogP contribution in [0.3, 0.4) is 0 Å². The average Bonchev–Trinajstić information content (AvgIpc) is 3.37. The maximum absolute atomic E-state index is 14.3. The average molecular weight is 769 g/mol. The van der Waals surface area contributed by atoms with Gasteiger partial charge in [0.05, 0.1) is 17.9 Å². The molecule has 0 aromatic heterocycles. The molecular weight excluding hydrogens is 693 g/mol. The first kappa shape index (κ1) is 42.8. The Kier molecular flexibility index (Phi) is 11.5. The van der Waals surface area contributed by atoms with Gasteiger partial charge in [-0.25, -0.2) is 0 Å². The highest BCUT2D eigenvalue weighted by Crippen LogP contribution is 2.77. The molecule has 55 heavy (non-hydrogen) atoms. The SMILES string of the molecule is CC(C)C1=C2[C@H]3CC[C@@H]4[C@@]5(C)CC[C@H](OC(=O)CC(C)(C)C(=O)O)C(C)(C)[C@@H]5CC[C@@]4(C)[C@]3(C)CC[C@@]2([C@@H](O)CN(CC2CCC2)CC(O)N(C)C)CC1=O. The number of aliphatic hydroxyl groups excluding tert-OH is 2. The van der Waals surface area contributed by atoms with Crippen LogP contribution in [0.15, 0.2) is 11.1 Å². The first-order valence-electron chi connectivity index (χ1n) is 21.9. The van der Waals surface area contributed by atoms with Crippen LogP contribution in [0.25, 0.3) is 0 Å². The van der Waals surface area contributed by atoms with Crippen LogP contribution < -0.4 is 0 Å². The van der Waals surface area contributed by atoms with Crippen LogP contribution in [-0.2, 0) is 19.1 Å². The summed E-state index contributed by atoms with van der Waals surface area (Å²) in [6.45, 7) is 21.5. The molecule has 0 aromatic carbocycles. The summed E-state index contributed by atoms with van der Waals surface area (Å²) in [5.74, 6) is 0.588. The third-order valence-electron chi connectivity index (χ3n) is 17.7. The molecule has 9 nitrogen and oxygen atoms in total. The second-order valence-corrected chi connectivity index (χ2v) is 22.0. The van der Waals surface area contributed by atoms with Crippen LogP contribution in [0.2, 0.25) is 0 Å². The summed E-state index contributed by atoms with van der Waals surface area (Å²) >= 11 is 0. The van der Waals surface area contributed by atoms with E-state index in [0.717, 1.165) is 63.5 Å². The minimum absolute atomic E-state index is 0.0319. The predicted molar refractivity (Wildman–Crippen MR) is 215 cm³/mol. The Bertz CT molecular complexity index is 1530. The van der Waals surface area contributed by atoms with Gasteiger partial charge in [0.1, 0.15) is 12.3 Å². The van der Waals surface area contributed by atoms with Crippen molar-refractivity contribution >= 4 is 17.7 Å². The minimum Gasteiger partial charge on any atom is -0.481 e. The van der Waals surface area contributed by atoms with Crippen LogP contribution in [-0.4, -0.2) is 95.0 Å². The minimum atomic E-state index is -1.17. The van der Waals surface area contributed by atoms with E-state index in [2.05, 4.69) is 53.4 Å². The quantitative estimate of drug-likeness (QED) is 0.128. The molecule has 0 radical (unpaired) electrons. The monoisotopic (exact) mass is 769 g/mol. The summed E-state index contributed by atoms with van der Waals surface area (Å²) in [6, 6.07) is 0. The third kappa shape index (κ3) is 6.99. The number of nitrogens with zero attached hydrogens (tertiary/aromatic N) is 2. The van der Waals surface area contributed by atoms with E-state index in [9.17, 15) is 29.7 Å². The van der Waals surface area contributed by atoms with E-state index in [1.54, 1.807) is 13.8 Å². The molecule has 312 valence electrons. The van der Waals surface area contributed by atoms with Gasteiger partial charge in [0, 0.05) is 36.9 Å². The van der Waals surface area contributed by atoms with Crippen molar-refractivity contribution in [2.45, 2.75) is 164 Å². The Morgan fingerprint density at radius 1 is 0.873 bits per heavy atom. The maximum atomic E-state index is 14.3. The number of likely N-dealkylation sites (N-methyl/N-ethyl adjacent to an activating group) is 1. The lowest BCUT2D eigenvalue weighted by atomic mass is 9.33. The molecule has 3 N–H and O–H groups in total. The van der Waals surface area contributed by atoms with Crippen LogP contribution in [0, 0.1) is 62.1 Å². The number of esters is 1. The van der Waals surface area contributed by atoms with Gasteiger partial charge in [-0.15, -0.1) is 0 Å². The Morgan fingerprint density at radius 2 is 1.55 bits per heavy atom. The molecule has 1 unspecified atom stereocenters. The number of aliphatic hydroxyl groups is 2. The van der Waals surface area contributed by atoms with E-state index in [1.165, 1.54) is 24.8 Å². The summed E-state index contributed by atoms with van der Waals surface area (Å²) in [5, 5.41) is 33.2. The van der Waals surface area contributed by atoms with E-state index in [-0.39, 0.29) is 51.8 Å². The number of ether oxygens (including phenoxy) is 1. The molecule has 5 saturated carbocycles. The van der Waals surface area contributed by atoms with Crippen molar-refractivity contribution in [3.8, 4) is 0 Å². The number of allylic oxidation sites excluding steroid dienone is 1. The number of carbonyl (C=O) groups is 3. The maximum Gasteiger partial charge on any atom is 0.309 e. The highest BCUT2D eigenvalue weighted by molar-refractivity contribution is 6.00. The largest absolute Gasteiger partial charge is 0.481 e. The number of hydrogen-bond acceptors (Lipinski definition) is 8. The van der Waals surface area contributed by atoms with Crippen LogP contribution in [0.5, 0.6) is 0 Å². The summed E-state index contributed by atoms with van der Waals surface area (Å²) < 4.78 is 6.19. The number of ketones is 1. The van der Waals surface area contributed by atoms with Crippen LogP contribution >= 0.6 is 0 Å². The lowest BCUT2D eigenvalue weighted by Crippen LogP contribution is -2.66. The Labute approximate surface area is 332 Å². The molecule has 0 heterocycles. The number of carboxylic acid groups (broad SMARTS) is 1. The summed E-state index contributed by atoms with van der Waals surface area (Å²) in [6.07, 6.45) is 10.1. The summed E-state index contributed by atoms with van der Waals surface area (Å²) in [7, 11) is 3.79. The number of hydrogen-bond donors (Lipinski definition) is 3. The van der Waals surface area contributed by atoms with E-state index in [4.69, 9.17) is 4.74 Å². The molecule has 5 fully saturated rings. The van der Waals surface area contributed by atoms with Crippen molar-refractivity contribution in [3.63, 3.8) is 0 Å². The Morgan fingerprint density at radius 3 is 2.13 bits per heavy atom. The Hall–Kier alpha value is -1.81. The van der Waals surface area contributed by atoms with Crippen molar-refractivity contribution in [2.24, 2.45) is 62.1 Å². The zero-order valence-electron chi connectivity index (χ0n) is 36.3. The van der Waals surface area contributed by atoms with Gasteiger partial charge in [0.25, 0.3) is 0 Å². The summed E-state index contributed by atoms with van der Waals surface area (Å²) in [5.41, 5.74) is 0.354.